The molecule has 8 heteroatoms. The molecule has 0 aliphatic rings. The van der Waals surface area contributed by atoms with Crippen LogP contribution in [0.25, 0.3) is 69.2 Å². The van der Waals surface area contributed by atoms with Crippen LogP contribution in [0.3, 0.4) is 0 Å². The first-order valence-electron chi connectivity index (χ1n) is 21.8. The van der Waals surface area contributed by atoms with Gasteiger partial charge >= 0.3 is 23.0 Å². The summed E-state index contributed by atoms with van der Waals surface area (Å²) in [5, 5.41) is 16.6. The van der Waals surface area contributed by atoms with E-state index in [1.165, 1.54) is 55.9 Å². The zero-order chi connectivity index (χ0) is 47.2. The largest absolute Gasteiger partial charge is 0.867 e. The first-order chi connectivity index (χ1) is 31.8. The van der Waals surface area contributed by atoms with Crippen molar-refractivity contribution < 1.29 is 23.2 Å². The molecule has 0 N–H and O–H groups in total. The highest BCUT2D eigenvalue weighted by molar-refractivity contribution is 6.27. The zero-order valence-electron chi connectivity index (χ0n) is 39.0. The fraction of sp³-hybridized carbons (Fsp3) is 0.138. The lowest BCUT2D eigenvalue weighted by Crippen LogP contribution is -2.39. The second-order valence-corrected chi connectivity index (χ2v) is 16.3. The van der Waals surface area contributed by atoms with Gasteiger partial charge in [-0.25, -0.2) is 8.83 Å². The lowest BCUT2D eigenvalue weighted by molar-refractivity contribution is -0.366. The summed E-state index contributed by atoms with van der Waals surface area (Å²) in [7, 11) is 5.15. The van der Waals surface area contributed by atoms with E-state index < -0.39 is 7.40 Å². The van der Waals surface area contributed by atoms with Gasteiger partial charge in [0.15, 0.2) is 0 Å². The summed E-state index contributed by atoms with van der Waals surface area (Å²) in [5.41, 5.74) is 16.8. The molecule has 0 unspecified atom stereocenters. The minimum atomic E-state index is -3.17. The summed E-state index contributed by atoms with van der Waals surface area (Å²) in [6, 6.07) is 58.5. The first-order valence-corrected chi connectivity index (χ1v) is 21.8. The molecule has 8 aromatic rings. The van der Waals surface area contributed by atoms with E-state index in [0.717, 1.165) is 45.3 Å². The van der Waals surface area contributed by atoms with Gasteiger partial charge < -0.3 is 24.2 Å². The molecule has 0 atom stereocenters. The molecule has 0 saturated heterocycles. The SMILES string of the molecule is Cc1c(/C=C/c2cc(-c3ccccc3)cc(-c3ccccc3)[o+]2)ccc(N(C)C)c1C.Cc1c(/C=C/c2cc(-c3ccccc3)cc(-c3ccccc3)[o+]2)ccc(N(C)C)c1C.[O-]B([O-])F. The van der Waals surface area contributed by atoms with E-state index in [1.807, 2.05) is 48.5 Å². The molecule has 0 aliphatic heterocycles. The summed E-state index contributed by atoms with van der Waals surface area (Å²) in [6.45, 7) is 8.70. The smallest absolute Gasteiger partial charge is 0.361 e. The van der Waals surface area contributed by atoms with Gasteiger partial charge in [-0.2, -0.15) is 0 Å². The van der Waals surface area contributed by atoms with Crippen LogP contribution in [-0.4, -0.2) is 35.6 Å². The number of hydrogen-bond acceptors (Lipinski definition) is 4. The molecule has 0 fully saturated rings. The van der Waals surface area contributed by atoms with Crippen LogP contribution in [0.5, 0.6) is 0 Å². The number of anilines is 2. The monoisotopic (exact) mass is 874 g/mol. The maximum absolute atomic E-state index is 9.89. The van der Waals surface area contributed by atoms with Gasteiger partial charge in [-0.1, -0.05) is 109 Å². The average molecular weight is 875 g/mol. The van der Waals surface area contributed by atoms with Gasteiger partial charge in [-0.05, 0) is 121 Å². The van der Waals surface area contributed by atoms with E-state index in [2.05, 4.69) is 211 Å². The van der Waals surface area contributed by atoms with Crippen LogP contribution in [0, 0.1) is 27.7 Å². The number of hydrogen-bond donors (Lipinski definition) is 0. The number of rotatable bonds is 10. The normalized spacial score (nSPS) is 10.8. The molecule has 0 bridgehead atoms. The molecule has 0 aliphatic carbocycles. The third-order valence-electron chi connectivity index (χ3n) is 11.4. The summed E-state index contributed by atoms with van der Waals surface area (Å²) >= 11 is 0. The van der Waals surface area contributed by atoms with Crippen LogP contribution in [0.4, 0.5) is 15.7 Å². The maximum atomic E-state index is 9.89. The van der Waals surface area contributed by atoms with Crippen molar-refractivity contribution in [3.8, 4) is 44.9 Å². The molecular formula is C58H56BFN2O4. The Hall–Kier alpha value is -7.39. The number of benzene rings is 6. The van der Waals surface area contributed by atoms with Crippen LogP contribution in [0.1, 0.15) is 44.9 Å². The van der Waals surface area contributed by atoms with Gasteiger partial charge in [0.1, 0.15) is 7.40 Å². The van der Waals surface area contributed by atoms with Gasteiger partial charge in [0.2, 0.25) is 0 Å². The van der Waals surface area contributed by atoms with Gasteiger partial charge in [0, 0.05) is 62.8 Å². The van der Waals surface area contributed by atoms with E-state index in [0.29, 0.717) is 0 Å². The van der Waals surface area contributed by atoms with Crippen molar-refractivity contribution in [3.05, 3.63) is 215 Å². The number of halogens is 1. The molecule has 6 aromatic carbocycles. The predicted molar refractivity (Wildman–Crippen MR) is 273 cm³/mol. The van der Waals surface area contributed by atoms with Crippen molar-refractivity contribution >= 4 is 43.1 Å². The van der Waals surface area contributed by atoms with E-state index in [9.17, 15) is 4.32 Å². The lowest BCUT2D eigenvalue weighted by atomic mass is 10.00. The van der Waals surface area contributed by atoms with Crippen LogP contribution in [-0.2, 0) is 0 Å². The second kappa shape index (κ2) is 23.0. The summed E-state index contributed by atoms with van der Waals surface area (Å²) in [4.78, 5) is 4.31. The van der Waals surface area contributed by atoms with Gasteiger partial charge in [0.05, 0.1) is 35.4 Å². The first kappa shape index (κ1) is 48.1. The van der Waals surface area contributed by atoms with Crippen molar-refractivity contribution in [2.45, 2.75) is 27.7 Å². The van der Waals surface area contributed by atoms with Crippen molar-refractivity contribution in [1.29, 1.82) is 0 Å². The molecule has 0 radical (unpaired) electrons. The minimum Gasteiger partial charge on any atom is -0.867 e. The fourth-order valence-electron chi connectivity index (χ4n) is 7.62. The minimum absolute atomic E-state index is 0.828. The molecule has 0 spiro atoms. The Kier molecular flexibility index (Phi) is 16.8. The Morgan fingerprint density at radius 2 is 0.697 bits per heavy atom. The van der Waals surface area contributed by atoms with Crippen LogP contribution >= 0.6 is 0 Å². The highest BCUT2D eigenvalue weighted by Crippen LogP contribution is 2.32. The molecule has 8 rings (SSSR count). The summed E-state index contributed by atoms with van der Waals surface area (Å²) in [6.07, 6.45) is 8.42. The van der Waals surface area contributed by atoms with Crippen LogP contribution in [0.2, 0.25) is 0 Å². The maximum Gasteiger partial charge on any atom is 0.361 e. The molecule has 66 heavy (non-hydrogen) atoms. The van der Waals surface area contributed by atoms with Crippen molar-refractivity contribution in [3.63, 3.8) is 0 Å². The molecule has 0 saturated carbocycles. The van der Waals surface area contributed by atoms with Gasteiger partial charge in [-0.15, -0.1) is 0 Å². The molecular weight excluding hydrogens is 818 g/mol. The number of nitrogens with zero attached hydrogens (tertiary/aromatic N) is 2. The third kappa shape index (κ3) is 12.9. The topological polar surface area (TPSA) is 75.2 Å². The predicted octanol–water partition coefficient (Wildman–Crippen LogP) is 13.2. The zero-order valence-corrected chi connectivity index (χ0v) is 39.0. The lowest BCUT2D eigenvalue weighted by Gasteiger charge is -2.18. The van der Waals surface area contributed by atoms with Crippen molar-refractivity contribution in [1.82, 2.24) is 0 Å². The Bertz CT molecular complexity index is 2570. The standard InChI is InChI=1S/2C29H28NO.BFO2/c2*1-21-22(2)28(30(3)4)18-16-23(21)15-17-27-19-26(24-11-7-5-8-12-24)20-29(31-27)25-13-9-6-10-14-25;2-1(3)4/h2*5-20H,1-4H3;/q2*+1;-2/b2*17-15+;. The Labute approximate surface area is 390 Å². The Morgan fingerprint density at radius 3 is 1.00 bits per heavy atom. The van der Waals surface area contributed by atoms with E-state index in [-0.39, 0.29) is 0 Å². The summed E-state index contributed by atoms with van der Waals surface area (Å²) in [5.74, 6) is 3.37. The average Bonchev–Trinajstić information content (AvgIpc) is 3.33. The molecule has 332 valence electrons. The molecule has 2 aromatic heterocycles. The van der Waals surface area contributed by atoms with Gasteiger partial charge in [0.25, 0.3) is 0 Å². The van der Waals surface area contributed by atoms with Crippen molar-refractivity contribution in [2.24, 2.45) is 0 Å². The van der Waals surface area contributed by atoms with Gasteiger partial charge in [-0.3, -0.25) is 0 Å². The second-order valence-electron chi connectivity index (χ2n) is 16.3. The van der Waals surface area contributed by atoms with Crippen LogP contribution < -0.4 is 19.8 Å². The van der Waals surface area contributed by atoms with Crippen molar-refractivity contribution in [2.75, 3.05) is 38.0 Å². The highest BCUT2D eigenvalue weighted by Gasteiger charge is 2.19. The highest BCUT2D eigenvalue weighted by atomic mass is 19.1. The molecule has 0 amide bonds. The van der Waals surface area contributed by atoms with E-state index >= 15 is 0 Å². The van der Waals surface area contributed by atoms with E-state index in [4.69, 9.17) is 18.9 Å². The Balaban J connectivity index is 0.000000202. The third-order valence-corrected chi connectivity index (χ3v) is 11.4. The summed E-state index contributed by atoms with van der Waals surface area (Å²) < 4.78 is 22.5. The Morgan fingerprint density at radius 1 is 0.394 bits per heavy atom. The molecule has 6 nitrogen and oxygen atoms in total. The van der Waals surface area contributed by atoms with Crippen LogP contribution in [0.15, 0.2) is 179 Å². The quantitative estimate of drug-likeness (QED) is 0.101. The molecule has 2 heterocycles. The van der Waals surface area contributed by atoms with E-state index in [1.54, 1.807) is 0 Å². The fourth-order valence-corrected chi connectivity index (χ4v) is 7.62.